The molecule has 0 aliphatic carbocycles. The monoisotopic (exact) mass is 224 g/mol. The number of hydrogen-bond donors (Lipinski definition) is 0. The molecule has 0 saturated carbocycles. The normalized spacial score (nSPS) is 26.2. The van der Waals surface area contributed by atoms with Crippen LogP contribution in [0, 0.1) is 0 Å². The van der Waals surface area contributed by atoms with Gasteiger partial charge in [0.05, 0.1) is 28.8 Å². The van der Waals surface area contributed by atoms with Gasteiger partial charge < -0.3 is 4.74 Å². The van der Waals surface area contributed by atoms with E-state index in [-0.39, 0.29) is 6.10 Å². The summed E-state index contributed by atoms with van der Waals surface area (Å²) < 4.78 is 17.3. The molecular weight excluding hydrogens is 208 g/mol. The average Bonchev–Trinajstić information content (AvgIpc) is 2.98. The van der Waals surface area contributed by atoms with Gasteiger partial charge in [-0.15, -0.1) is 0 Å². The van der Waals surface area contributed by atoms with E-state index >= 15 is 0 Å². The van der Waals surface area contributed by atoms with Gasteiger partial charge in [-0.2, -0.15) is 0 Å². The van der Waals surface area contributed by atoms with E-state index < -0.39 is 10.8 Å². The summed E-state index contributed by atoms with van der Waals surface area (Å²) in [6, 6.07) is 9.60. The van der Waals surface area contributed by atoms with E-state index in [2.05, 4.69) is 6.92 Å². The van der Waals surface area contributed by atoms with Crippen molar-refractivity contribution in [3.05, 3.63) is 30.3 Å². The van der Waals surface area contributed by atoms with Crippen LogP contribution < -0.4 is 0 Å². The molecule has 0 unspecified atom stereocenters. The third-order valence-corrected chi connectivity index (χ3v) is 4.01. The highest BCUT2D eigenvalue weighted by Gasteiger charge is 2.38. The van der Waals surface area contributed by atoms with E-state index in [1.807, 2.05) is 30.3 Å². The van der Waals surface area contributed by atoms with Gasteiger partial charge in [-0.1, -0.05) is 31.5 Å². The molecule has 2 rings (SSSR count). The van der Waals surface area contributed by atoms with Crippen LogP contribution in [0.25, 0.3) is 0 Å². The largest absolute Gasteiger partial charge is 0.369 e. The lowest BCUT2D eigenvalue weighted by atomic mass is 10.2. The molecule has 1 aliphatic rings. The quantitative estimate of drug-likeness (QED) is 0.719. The van der Waals surface area contributed by atoms with Crippen LogP contribution in [0.1, 0.15) is 19.8 Å². The maximum absolute atomic E-state index is 11.9. The molecule has 1 aliphatic heterocycles. The molecule has 0 radical (unpaired) electrons. The van der Waals surface area contributed by atoms with Gasteiger partial charge in [0.15, 0.2) is 0 Å². The van der Waals surface area contributed by atoms with Crippen molar-refractivity contribution < 1.29 is 8.95 Å². The first kappa shape index (κ1) is 10.8. The van der Waals surface area contributed by atoms with Crippen molar-refractivity contribution in [3.8, 4) is 0 Å². The Bertz CT molecular complexity index is 337. The van der Waals surface area contributed by atoms with Crippen LogP contribution in [-0.4, -0.2) is 22.2 Å². The van der Waals surface area contributed by atoms with Gasteiger partial charge >= 0.3 is 0 Å². The van der Waals surface area contributed by atoms with Crippen molar-refractivity contribution in [1.29, 1.82) is 0 Å². The van der Waals surface area contributed by atoms with Gasteiger partial charge in [0.25, 0.3) is 0 Å². The molecule has 2 nitrogen and oxygen atoms in total. The summed E-state index contributed by atoms with van der Waals surface area (Å²) in [6.45, 7) is 2.15. The Labute approximate surface area is 93.1 Å². The lowest BCUT2D eigenvalue weighted by Gasteiger charge is -1.98. The van der Waals surface area contributed by atoms with Gasteiger partial charge in [0.2, 0.25) is 0 Å². The third kappa shape index (κ3) is 2.89. The van der Waals surface area contributed by atoms with Crippen LogP contribution >= 0.6 is 0 Å². The molecule has 1 aromatic carbocycles. The second-order valence-corrected chi connectivity index (χ2v) is 5.32. The van der Waals surface area contributed by atoms with E-state index in [1.54, 1.807) is 0 Å². The first-order chi connectivity index (χ1) is 7.31. The molecule has 3 heteroatoms. The molecule has 1 saturated heterocycles. The number of hydrogen-bond acceptors (Lipinski definition) is 2. The fraction of sp³-hybridized carbons (Fsp3) is 0.500. The molecule has 15 heavy (non-hydrogen) atoms. The summed E-state index contributed by atoms with van der Waals surface area (Å²) in [6.07, 6.45) is 2.82. The minimum Gasteiger partial charge on any atom is -0.369 e. The van der Waals surface area contributed by atoms with Crippen LogP contribution in [0.3, 0.4) is 0 Å². The maximum atomic E-state index is 11.9. The Hall–Kier alpha value is -0.670. The summed E-state index contributed by atoms with van der Waals surface area (Å²) in [7, 11) is -0.900. The molecule has 0 spiro atoms. The summed E-state index contributed by atoms with van der Waals surface area (Å²) in [5.41, 5.74) is 0. The van der Waals surface area contributed by atoms with E-state index in [0.29, 0.717) is 11.9 Å². The Morgan fingerprint density at radius 2 is 2.00 bits per heavy atom. The SMILES string of the molecule is CCC[C@@H]1O[C@H]1C[S@](=O)c1ccccc1. The van der Waals surface area contributed by atoms with Crippen LogP contribution in [-0.2, 0) is 15.5 Å². The minimum atomic E-state index is -0.900. The summed E-state index contributed by atoms with van der Waals surface area (Å²) in [4.78, 5) is 0.906. The number of epoxide rings is 1. The smallest absolute Gasteiger partial charge is 0.0960 e. The van der Waals surface area contributed by atoms with E-state index in [4.69, 9.17) is 4.74 Å². The highest BCUT2D eigenvalue weighted by atomic mass is 32.2. The van der Waals surface area contributed by atoms with Crippen molar-refractivity contribution in [2.24, 2.45) is 0 Å². The third-order valence-electron chi connectivity index (χ3n) is 2.58. The van der Waals surface area contributed by atoms with Crippen molar-refractivity contribution in [1.82, 2.24) is 0 Å². The summed E-state index contributed by atoms with van der Waals surface area (Å²) >= 11 is 0. The Morgan fingerprint density at radius 3 is 2.67 bits per heavy atom. The fourth-order valence-electron chi connectivity index (χ4n) is 1.68. The van der Waals surface area contributed by atoms with Crippen LogP contribution in [0.2, 0.25) is 0 Å². The zero-order valence-corrected chi connectivity index (χ0v) is 9.70. The molecule has 3 atom stereocenters. The first-order valence-electron chi connectivity index (χ1n) is 5.40. The summed E-state index contributed by atoms with van der Waals surface area (Å²) in [5, 5.41) is 0. The van der Waals surface area contributed by atoms with Crippen LogP contribution in [0.4, 0.5) is 0 Å². The number of ether oxygens (including phenoxy) is 1. The number of benzene rings is 1. The van der Waals surface area contributed by atoms with Gasteiger partial charge in [0.1, 0.15) is 0 Å². The van der Waals surface area contributed by atoms with Crippen molar-refractivity contribution in [2.45, 2.75) is 36.9 Å². The van der Waals surface area contributed by atoms with Gasteiger partial charge in [0, 0.05) is 4.90 Å². The molecule has 0 bridgehead atoms. The van der Waals surface area contributed by atoms with E-state index in [0.717, 1.165) is 17.7 Å². The zero-order valence-electron chi connectivity index (χ0n) is 8.89. The van der Waals surface area contributed by atoms with Crippen molar-refractivity contribution >= 4 is 10.8 Å². The average molecular weight is 224 g/mol. The topological polar surface area (TPSA) is 29.6 Å². The fourth-order valence-corrected chi connectivity index (χ4v) is 2.93. The molecule has 1 fully saturated rings. The first-order valence-corrected chi connectivity index (χ1v) is 6.72. The molecule has 1 aromatic rings. The Kier molecular flexibility index (Phi) is 3.54. The highest BCUT2D eigenvalue weighted by Crippen LogP contribution is 2.28. The molecule has 0 aromatic heterocycles. The maximum Gasteiger partial charge on any atom is 0.0960 e. The molecule has 1 heterocycles. The second-order valence-electron chi connectivity index (χ2n) is 3.83. The van der Waals surface area contributed by atoms with E-state index in [1.165, 1.54) is 0 Å². The summed E-state index contributed by atoms with van der Waals surface area (Å²) in [5.74, 6) is 0.648. The second kappa shape index (κ2) is 4.90. The Balaban J connectivity index is 1.84. The minimum absolute atomic E-state index is 0.228. The lowest BCUT2D eigenvalue weighted by molar-refractivity contribution is 0.370. The van der Waals surface area contributed by atoms with Crippen molar-refractivity contribution in [3.63, 3.8) is 0 Å². The molecule has 82 valence electrons. The highest BCUT2D eigenvalue weighted by molar-refractivity contribution is 7.85. The predicted molar refractivity (Wildman–Crippen MR) is 61.3 cm³/mol. The molecule has 0 N–H and O–H groups in total. The predicted octanol–water partition coefficient (Wildman–Crippen LogP) is 2.36. The number of rotatable bonds is 5. The van der Waals surface area contributed by atoms with Crippen molar-refractivity contribution in [2.75, 3.05) is 5.75 Å². The lowest BCUT2D eigenvalue weighted by Crippen LogP contribution is -2.07. The van der Waals surface area contributed by atoms with Gasteiger partial charge in [-0.05, 0) is 18.6 Å². The van der Waals surface area contributed by atoms with Gasteiger partial charge in [-0.3, -0.25) is 4.21 Å². The zero-order chi connectivity index (χ0) is 10.7. The molecule has 0 amide bonds. The molecular formula is C12H16O2S. The van der Waals surface area contributed by atoms with Crippen LogP contribution in [0.5, 0.6) is 0 Å². The standard InChI is InChI=1S/C12H16O2S/c1-2-6-11-12(14-11)9-15(13)10-7-4-3-5-8-10/h3-5,7-8,11-12H,2,6,9H2,1H3/t11-,12-,15-/m0/s1. The van der Waals surface area contributed by atoms with Gasteiger partial charge in [-0.25, -0.2) is 0 Å². The van der Waals surface area contributed by atoms with E-state index in [9.17, 15) is 4.21 Å². The van der Waals surface area contributed by atoms with Crippen LogP contribution in [0.15, 0.2) is 35.2 Å². The Morgan fingerprint density at radius 1 is 1.27 bits per heavy atom.